The number of pyridine rings is 1. The van der Waals surface area contributed by atoms with Gasteiger partial charge in [0, 0.05) is 45.4 Å². The van der Waals surface area contributed by atoms with Crippen LogP contribution in [-0.4, -0.2) is 45.0 Å². The average molecular weight is 439 g/mol. The minimum Gasteiger partial charge on any atom is -0.478 e. The maximum Gasteiger partial charge on any atom is 0.336 e. The molecule has 0 unspecified atom stereocenters. The molecular formula is C24H30N4O4. The number of carbonyl (C=O) groups is 1. The van der Waals surface area contributed by atoms with Crippen molar-refractivity contribution in [1.82, 2.24) is 19.7 Å². The fourth-order valence-corrected chi connectivity index (χ4v) is 3.63. The van der Waals surface area contributed by atoms with E-state index in [0.717, 1.165) is 30.8 Å². The monoisotopic (exact) mass is 438 g/mol. The molecule has 0 aliphatic carbocycles. The van der Waals surface area contributed by atoms with Crippen LogP contribution in [0.1, 0.15) is 60.7 Å². The number of carboxylic acids is 1. The zero-order chi connectivity index (χ0) is 23.1. The van der Waals surface area contributed by atoms with E-state index >= 15 is 0 Å². The first kappa shape index (κ1) is 23.6. The highest BCUT2D eigenvalue weighted by atomic mass is 16.7. The Kier molecular flexibility index (Phi) is 7.71. The van der Waals surface area contributed by atoms with E-state index in [4.69, 9.17) is 19.6 Å². The van der Waals surface area contributed by atoms with Crippen molar-refractivity contribution in [1.29, 1.82) is 0 Å². The Morgan fingerprint density at radius 3 is 2.47 bits per heavy atom. The molecule has 3 rings (SSSR count). The average Bonchev–Trinajstić information content (AvgIpc) is 3.22. The van der Waals surface area contributed by atoms with Crippen LogP contribution in [0.2, 0.25) is 0 Å². The molecule has 0 fully saturated rings. The highest BCUT2D eigenvalue weighted by Crippen LogP contribution is 2.28. The fraction of sp³-hybridized carbons (Fsp3) is 0.417. The third kappa shape index (κ3) is 4.87. The first-order valence-corrected chi connectivity index (χ1v) is 10.8. The number of hydrogen-bond acceptors (Lipinski definition) is 6. The summed E-state index contributed by atoms with van der Waals surface area (Å²) in [7, 11) is 3.19. The van der Waals surface area contributed by atoms with E-state index in [1.807, 2.05) is 23.7 Å². The quantitative estimate of drug-likeness (QED) is 0.446. The van der Waals surface area contributed by atoms with Crippen LogP contribution in [0, 0.1) is 0 Å². The summed E-state index contributed by atoms with van der Waals surface area (Å²) >= 11 is 0. The van der Waals surface area contributed by atoms with Gasteiger partial charge in [-0.25, -0.2) is 14.5 Å². The first-order valence-electron chi connectivity index (χ1n) is 10.8. The maximum atomic E-state index is 11.5. The van der Waals surface area contributed by atoms with Gasteiger partial charge in [-0.05, 0) is 24.1 Å². The number of aryl methyl sites for hydroxylation is 1. The predicted molar refractivity (Wildman–Crippen MR) is 120 cm³/mol. The molecule has 0 amide bonds. The minimum atomic E-state index is -0.977. The highest BCUT2D eigenvalue weighted by Gasteiger charge is 2.35. The molecule has 0 radical (unpaired) electrons. The number of benzene rings is 1. The van der Waals surface area contributed by atoms with Gasteiger partial charge in [0.2, 0.25) is 11.6 Å². The fourth-order valence-electron chi connectivity index (χ4n) is 3.63. The molecule has 170 valence electrons. The second kappa shape index (κ2) is 10.5. The maximum absolute atomic E-state index is 11.5. The Morgan fingerprint density at radius 2 is 1.88 bits per heavy atom. The second-order valence-electron chi connectivity index (χ2n) is 7.52. The van der Waals surface area contributed by atoms with Crippen LogP contribution in [-0.2, 0) is 28.2 Å². The van der Waals surface area contributed by atoms with E-state index in [-0.39, 0.29) is 5.56 Å². The van der Waals surface area contributed by atoms with E-state index in [0.29, 0.717) is 29.9 Å². The van der Waals surface area contributed by atoms with Crippen LogP contribution in [0.5, 0.6) is 0 Å². The Bertz CT molecular complexity index is 1030. The molecule has 2 aromatic heterocycles. The molecule has 0 bridgehead atoms. The summed E-state index contributed by atoms with van der Waals surface area (Å²) in [5.74, 6) is -0.634. The number of ether oxygens (including phenoxy) is 2. The lowest BCUT2D eigenvalue weighted by atomic mass is 10.0. The molecule has 0 saturated heterocycles. The Balaban J connectivity index is 1.90. The summed E-state index contributed by atoms with van der Waals surface area (Å²) in [4.78, 5) is 20.8. The van der Waals surface area contributed by atoms with Crippen LogP contribution in [0.4, 0.5) is 0 Å². The van der Waals surface area contributed by atoms with Crippen molar-refractivity contribution in [2.24, 2.45) is 0 Å². The van der Waals surface area contributed by atoms with Gasteiger partial charge in [0.05, 0.1) is 11.3 Å². The van der Waals surface area contributed by atoms with E-state index < -0.39 is 11.8 Å². The summed E-state index contributed by atoms with van der Waals surface area (Å²) in [5, 5.41) is 14.1. The summed E-state index contributed by atoms with van der Waals surface area (Å²) in [6.07, 6.45) is 4.90. The second-order valence-corrected chi connectivity index (χ2v) is 7.52. The van der Waals surface area contributed by atoms with Crippen LogP contribution in [0.3, 0.4) is 0 Å². The number of aromatic carboxylic acids is 1. The lowest BCUT2D eigenvalue weighted by molar-refractivity contribution is -0.222. The van der Waals surface area contributed by atoms with E-state index in [9.17, 15) is 9.90 Å². The lowest BCUT2D eigenvalue weighted by Gasteiger charge is -2.26. The topological polar surface area (TPSA) is 99.4 Å². The Labute approximate surface area is 188 Å². The third-order valence-electron chi connectivity index (χ3n) is 5.56. The van der Waals surface area contributed by atoms with Crippen molar-refractivity contribution in [2.75, 3.05) is 14.2 Å². The van der Waals surface area contributed by atoms with Crippen molar-refractivity contribution in [3.05, 3.63) is 65.4 Å². The summed E-state index contributed by atoms with van der Waals surface area (Å²) < 4.78 is 13.2. The molecule has 8 heteroatoms. The van der Waals surface area contributed by atoms with Crippen LogP contribution >= 0.6 is 0 Å². The van der Waals surface area contributed by atoms with E-state index in [1.54, 1.807) is 44.7 Å². The Morgan fingerprint density at radius 1 is 1.12 bits per heavy atom. The number of nitrogens with zero attached hydrogens (tertiary/aromatic N) is 4. The number of rotatable bonds is 11. The molecule has 0 atom stereocenters. The van der Waals surface area contributed by atoms with Crippen molar-refractivity contribution in [3.63, 3.8) is 0 Å². The molecular weight excluding hydrogens is 408 g/mol. The first-order chi connectivity index (χ1) is 15.5. The molecule has 1 N–H and O–H groups in total. The molecule has 1 aromatic carbocycles. The molecule has 32 heavy (non-hydrogen) atoms. The van der Waals surface area contributed by atoms with Gasteiger partial charge in [-0.2, -0.15) is 5.10 Å². The molecule has 0 saturated carbocycles. The predicted octanol–water partition coefficient (Wildman–Crippen LogP) is 4.28. The summed E-state index contributed by atoms with van der Waals surface area (Å²) in [6, 6.07) is 10.6. The lowest BCUT2D eigenvalue weighted by Crippen LogP contribution is -2.31. The summed E-state index contributed by atoms with van der Waals surface area (Å²) in [6.45, 7) is 4.86. The van der Waals surface area contributed by atoms with Gasteiger partial charge in [-0.1, -0.05) is 44.5 Å². The smallest absolute Gasteiger partial charge is 0.336 e. The Hall–Kier alpha value is -3.10. The molecule has 3 aromatic rings. The zero-order valence-corrected chi connectivity index (χ0v) is 19.0. The SMILES string of the molecule is CCCCn1nc(C(CC)(OC)OC)nc1Cc1ccc(-c2ccccc2C(=O)O)nc1. The van der Waals surface area contributed by atoms with Gasteiger partial charge in [0.15, 0.2) is 0 Å². The normalized spacial score (nSPS) is 11.6. The third-order valence-corrected chi connectivity index (χ3v) is 5.56. The highest BCUT2D eigenvalue weighted by molar-refractivity contribution is 5.95. The van der Waals surface area contributed by atoms with Crippen LogP contribution in [0.15, 0.2) is 42.6 Å². The van der Waals surface area contributed by atoms with Gasteiger partial charge in [-0.3, -0.25) is 4.98 Å². The minimum absolute atomic E-state index is 0.228. The molecule has 8 nitrogen and oxygen atoms in total. The van der Waals surface area contributed by atoms with Crippen molar-refractivity contribution >= 4 is 5.97 Å². The number of unbranched alkanes of at least 4 members (excludes halogenated alkanes) is 1. The van der Waals surface area contributed by atoms with Crippen LogP contribution in [0.25, 0.3) is 11.3 Å². The van der Waals surface area contributed by atoms with Crippen LogP contribution < -0.4 is 0 Å². The summed E-state index contributed by atoms with van der Waals surface area (Å²) in [5.41, 5.74) is 2.39. The van der Waals surface area contributed by atoms with Gasteiger partial charge in [0.1, 0.15) is 5.82 Å². The van der Waals surface area contributed by atoms with Gasteiger partial charge >= 0.3 is 5.97 Å². The zero-order valence-electron chi connectivity index (χ0n) is 19.0. The van der Waals surface area contributed by atoms with Gasteiger partial charge < -0.3 is 14.6 Å². The number of carboxylic acid groups (broad SMARTS) is 1. The molecule has 0 aliphatic rings. The van der Waals surface area contributed by atoms with Crippen molar-refractivity contribution < 1.29 is 19.4 Å². The van der Waals surface area contributed by atoms with E-state index in [1.165, 1.54) is 0 Å². The molecule has 0 spiro atoms. The van der Waals surface area contributed by atoms with E-state index in [2.05, 4.69) is 11.9 Å². The number of methoxy groups -OCH3 is 2. The molecule has 2 heterocycles. The number of hydrogen-bond donors (Lipinski definition) is 1. The largest absolute Gasteiger partial charge is 0.478 e. The van der Waals surface area contributed by atoms with Crippen molar-refractivity contribution in [3.8, 4) is 11.3 Å². The van der Waals surface area contributed by atoms with Gasteiger partial charge in [-0.15, -0.1) is 0 Å². The standard InChI is InChI=1S/C24H30N4O4/c1-5-7-14-28-21(26-23(27-28)24(6-2,31-3)32-4)15-17-12-13-20(25-16-17)18-10-8-9-11-19(18)22(29)30/h8-13,16H,5-7,14-15H2,1-4H3,(H,29,30). The molecule has 0 aliphatic heterocycles. The number of aromatic nitrogens is 4. The van der Waals surface area contributed by atoms with Gasteiger partial charge in [0.25, 0.3) is 0 Å². The van der Waals surface area contributed by atoms with Crippen molar-refractivity contribution in [2.45, 2.75) is 51.9 Å².